The molecular weight excluding hydrogens is 204 g/mol. The van der Waals surface area contributed by atoms with Crippen molar-refractivity contribution in [1.82, 2.24) is 0 Å². The Morgan fingerprint density at radius 2 is 1.41 bits per heavy atom. The Bertz CT molecular complexity index is 466. The molecule has 2 aromatic carbocycles. The van der Waals surface area contributed by atoms with Crippen molar-refractivity contribution in [3.8, 4) is 0 Å². The van der Waals surface area contributed by atoms with Crippen molar-refractivity contribution >= 4 is 5.57 Å². The van der Waals surface area contributed by atoms with Gasteiger partial charge < -0.3 is 0 Å². The van der Waals surface area contributed by atoms with Gasteiger partial charge in [0.1, 0.15) is 0 Å². The highest BCUT2D eigenvalue weighted by atomic mass is 14.0. The molecule has 0 aliphatic carbocycles. The molecule has 0 bridgehead atoms. The molecule has 0 heteroatoms. The molecule has 2 aromatic rings. The fourth-order valence-corrected chi connectivity index (χ4v) is 1.64. The predicted octanol–water partition coefficient (Wildman–Crippen LogP) is 5.08. The number of hydrogen-bond acceptors (Lipinski definition) is 0. The van der Waals surface area contributed by atoms with Crippen molar-refractivity contribution in [3.63, 3.8) is 0 Å². The van der Waals surface area contributed by atoms with Crippen LogP contribution in [0, 0.1) is 6.92 Å². The molecule has 88 valence electrons. The molecule has 0 saturated heterocycles. The third-order valence-electron chi connectivity index (χ3n) is 2.49. The fourth-order valence-electron chi connectivity index (χ4n) is 1.64. The molecule has 0 aliphatic rings. The molecule has 0 unspecified atom stereocenters. The Kier molecular flexibility index (Phi) is 5.22. The highest BCUT2D eigenvalue weighted by Crippen LogP contribution is 2.21. The number of aryl methyl sites for hydroxylation is 1. The van der Waals surface area contributed by atoms with E-state index in [0.29, 0.717) is 0 Å². The summed E-state index contributed by atoms with van der Waals surface area (Å²) in [5.74, 6) is 0. The van der Waals surface area contributed by atoms with Crippen LogP contribution in [0.1, 0.15) is 30.5 Å². The van der Waals surface area contributed by atoms with Crippen LogP contribution in [0.25, 0.3) is 5.57 Å². The molecule has 0 aliphatic heterocycles. The van der Waals surface area contributed by atoms with Crippen LogP contribution in [0.2, 0.25) is 0 Å². The zero-order valence-electron chi connectivity index (χ0n) is 10.9. The summed E-state index contributed by atoms with van der Waals surface area (Å²) in [6.45, 7) is 10.2. The van der Waals surface area contributed by atoms with E-state index >= 15 is 0 Å². The van der Waals surface area contributed by atoms with E-state index in [1.54, 1.807) is 0 Å². The minimum Gasteiger partial charge on any atom is -0.0906 e. The standard InChI is InChI=1S/C15H14.C2H6/c1-12-7-6-10-15(11-12)13(2)14-8-4-3-5-9-14;1-2/h3-11H,2H2,1H3;1-2H3. The van der Waals surface area contributed by atoms with Crippen molar-refractivity contribution in [2.75, 3.05) is 0 Å². The lowest BCUT2D eigenvalue weighted by Crippen LogP contribution is -1.86. The van der Waals surface area contributed by atoms with Gasteiger partial charge in [0.25, 0.3) is 0 Å². The van der Waals surface area contributed by atoms with Gasteiger partial charge >= 0.3 is 0 Å². The lowest BCUT2D eigenvalue weighted by molar-refractivity contribution is 1.44. The highest BCUT2D eigenvalue weighted by molar-refractivity contribution is 5.78. The smallest absolute Gasteiger partial charge is 0.0181 e. The molecule has 0 spiro atoms. The molecule has 0 N–H and O–H groups in total. The zero-order chi connectivity index (χ0) is 12.7. The summed E-state index contributed by atoms with van der Waals surface area (Å²) in [4.78, 5) is 0. The van der Waals surface area contributed by atoms with Gasteiger partial charge in [0, 0.05) is 0 Å². The van der Waals surface area contributed by atoms with Gasteiger partial charge in [-0.05, 0) is 23.6 Å². The van der Waals surface area contributed by atoms with Crippen LogP contribution in [0.4, 0.5) is 0 Å². The van der Waals surface area contributed by atoms with Crippen LogP contribution in [-0.2, 0) is 0 Å². The molecular formula is C17H20. The first kappa shape index (κ1) is 13.2. The van der Waals surface area contributed by atoms with Crippen LogP contribution in [-0.4, -0.2) is 0 Å². The Morgan fingerprint density at radius 3 is 2.00 bits per heavy atom. The van der Waals surface area contributed by atoms with E-state index in [-0.39, 0.29) is 0 Å². The average molecular weight is 224 g/mol. The minimum absolute atomic E-state index is 1.08. The first-order valence-electron chi connectivity index (χ1n) is 6.09. The normalized spacial score (nSPS) is 9.12. The van der Waals surface area contributed by atoms with E-state index in [9.17, 15) is 0 Å². The molecule has 0 aromatic heterocycles. The molecule has 0 radical (unpaired) electrons. The lowest BCUT2D eigenvalue weighted by atomic mass is 9.98. The maximum Gasteiger partial charge on any atom is -0.0181 e. The SMILES string of the molecule is C=C(c1ccccc1)c1cccc(C)c1.CC. The number of benzene rings is 2. The van der Waals surface area contributed by atoms with Crippen LogP contribution in [0.5, 0.6) is 0 Å². The topological polar surface area (TPSA) is 0 Å². The second-order valence-corrected chi connectivity index (χ2v) is 3.71. The van der Waals surface area contributed by atoms with E-state index in [4.69, 9.17) is 0 Å². The fraction of sp³-hybridized carbons (Fsp3) is 0.176. The largest absolute Gasteiger partial charge is 0.0906 e. The van der Waals surface area contributed by atoms with Gasteiger partial charge in [0.05, 0.1) is 0 Å². The van der Waals surface area contributed by atoms with Crippen LogP contribution in [0.3, 0.4) is 0 Å². The average Bonchev–Trinajstić information content (AvgIpc) is 2.41. The zero-order valence-corrected chi connectivity index (χ0v) is 10.9. The summed E-state index contributed by atoms with van der Waals surface area (Å²) < 4.78 is 0. The summed E-state index contributed by atoms with van der Waals surface area (Å²) in [5.41, 5.74) is 4.73. The molecule has 17 heavy (non-hydrogen) atoms. The van der Waals surface area contributed by atoms with Gasteiger partial charge in [0.15, 0.2) is 0 Å². The maximum absolute atomic E-state index is 4.14. The third-order valence-corrected chi connectivity index (χ3v) is 2.49. The molecule has 0 heterocycles. The van der Waals surface area contributed by atoms with Gasteiger partial charge in [-0.25, -0.2) is 0 Å². The Balaban J connectivity index is 0.000000686. The van der Waals surface area contributed by atoms with Gasteiger partial charge in [0.2, 0.25) is 0 Å². The lowest BCUT2D eigenvalue weighted by Gasteiger charge is -2.06. The third kappa shape index (κ3) is 3.60. The van der Waals surface area contributed by atoms with E-state index < -0.39 is 0 Å². The first-order chi connectivity index (χ1) is 8.27. The van der Waals surface area contributed by atoms with Gasteiger partial charge in [-0.15, -0.1) is 0 Å². The Labute approximate surface area is 105 Å². The molecule has 0 nitrogen and oxygen atoms in total. The van der Waals surface area contributed by atoms with E-state index in [2.05, 4.69) is 49.9 Å². The quantitative estimate of drug-likeness (QED) is 0.667. The van der Waals surface area contributed by atoms with Crippen molar-refractivity contribution in [2.45, 2.75) is 20.8 Å². The van der Waals surface area contributed by atoms with Gasteiger partial charge in [-0.3, -0.25) is 0 Å². The van der Waals surface area contributed by atoms with Crippen LogP contribution < -0.4 is 0 Å². The van der Waals surface area contributed by atoms with Gasteiger partial charge in [-0.1, -0.05) is 80.6 Å². The predicted molar refractivity (Wildman–Crippen MR) is 77.1 cm³/mol. The molecule has 0 atom stereocenters. The van der Waals surface area contributed by atoms with Crippen molar-refractivity contribution in [1.29, 1.82) is 0 Å². The molecule has 0 saturated carbocycles. The van der Waals surface area contributed by atoms with Gasteiger partial charge in [-0.2, -0.15) is 0 Å². The summed E-state index contributed by atoms with van der Waals surface area (Å²) in [7, 11) is 0. The summed E-state index contributed by atoms with van der Waals surface area (Å²) in [6, 6.07) is 18.7. The van der Waals surface area contributed by atoms with Crippen molar-refractivity contribution in [3.05, 3.63) is 77.9 Å². The van der Waals surface area contributed by atoms with E-state index in [0.717, 1.165) is 5.57 Å². The second-order valence-electron chi connectivity index (χ2n) is 3.71. The monoisotopic (exact) mass is 224 g/mol. The van der Waals surface area contributed by atoms with E-state index in [1.807, 2.05) is 32.0 Å². The number of hydrogen-bond donors (Lipinski definition) is 0. The molecule has 2 rings (SSSR count). The van der Waals surface area contributed by atoms with Crippen LogP contribution in [0.15, 0.2) is 61.2 Å². The van der Waals surface area contributed by atoms with E-state index in [1.165, 1.54) is 16.7 Å². The Hall–Kier alpha value is -1.82. The molecule has 0 fully saturated rings. The first-order valence-corrected chi connectivity index (χ1v) is 6.09. The van der Waals surface area contributed by atoms with Crippen LogP contribution >= 0.6 is 0 Å². The minimum atomic E-state index is 1.08. The molecule has 0 amide bonds. The highest BCUT2D eigenvalue weighted by Gasteiger charge is 2.00. The summed E-state index contributed by atoms with van der Waals surface area (Å²) in [5, 5.41) is 0. The maximum atomic E-state index is 4.14. The summed E-state index contributed by atoms with van der Waals surface area (Å²) in [6.07, 6.45) is 0. The van der Waals surface area contributed by atoms with Crippen molar-refractivity contribution < 1.29 is 0 Å². The van der Waals surface area contributed by atoms with Crippen molar-refractivity contribution in [2.24, 2.45) is 0 Å². The number of rotatable bonds is 2. The summed E-state index contributed by atoms with van der Waals surface area (Å²) >= 11 is 0. The second kappa shape index (κ2) is 6.70. The Morgan fingerprint density at radius 1 is 0.824 bits per heavy atom.